The maximum atomic E-state index is 5.01. The fourth-order valence-electron chi connectivity index (χ4n) is 0.644. The molecule has 10 heavy (non-hydrogen) atoms. The maximum Gasteiger partial charge on any atom is 0.160 e. The first kappa shape index (κ1) is 9.66. The van der Waals surface area contributed by atoms with E-state index < -0.39 is 0 Å². The lowest BCUT2D eigenvalue weighted by Gasteiger charge is -2.12. The molecule has 0 spiro atoms. The highest BCUT2D eigenvalue weighted by Gasteiger charge is 2.03. The summed E-state index contributed by atoms with van der Waals surface area (Å²) in [6.45, 7) is 4.07. The molecule has 0 aromatic rings. The van der Waals surface area contributed by atoms with Gasteiger partial charge in [0.1, 0.15) is 0 Å². The first-order chi connectivity index (χ1) is 4.74. The van der Waals surface area contributed by atoms with E-state index in [0.29, 0.717) is 0 Å². The van der Waals surface area contributed by atoms with Crippen molar-refractivity contribution in [2.75, 3.05) is 14.2 Å². The summed E-state index contributed by atoms with van der Waals surface area (Å²) in [6, 6.07) is 0. The minimum Gasteiger partial charge on any atom is -0.356 e. The zero-order valence-electron chi connectivity index (χ0n) is 7.18. The molecule has 0 aliphatic carbocycles. The summed E-state index contributed by atoms with van der Waals surface area (Å²) in [5.74, 6) is 0. The first-order valence-electron chi connectivity index (χ1n) is 3.42. The highest BCUT2D eigenvalue weighted by atomic mass is 16.7. The molecule has 0 heterocycles. The molecule has 0 saturated carbocycles. The van der Waals surface area contributed by atoms with Gasteiger partial charge in [0.05, 0.1) is 0 Å². The molecule has 0 fully saturated rings. The third-order valence-corrected chi connectivity index (χ3v) is 1.51. The smallest absolute Gasteiger partial charge is 0.160 e. The Labute approximate surface area is 62.8 Å². The van der Waals surface area contributed by atoms with Crippen molar-refractivity contribution in [2.45, 2.75) is 26.6 Å². The van der Waals surface area contributed by atoms with E-state index in [0.717, 1.165) is 6.42 Å². The lowest BCUT2D eigenvalue weighted by Crippen LogP contribution is -2.12. The van der Waals surface area contributed by atoms with Crippen molar-refractivity contribution in [3.05, 3.63) is 11.6 Å². The summed E-state index contributed by atoms with van der Waals surface area (Å²) in [7, 11) is 3.30. The highest BCUT2D eigenvalue weighted by molar-refractivity contribution is 4.95. The van der Waals surface area contributed by atoms with Gasteiger partial charge in [0.25, 0.3) is 0 Å². The van der Waals surface area contributed by atoms with Gasteiger partial charge in [-0.2, -0.15) is 0 Å². The Bertz CT molecular complexity index is 104. The average Bonchev–Trinajstić information content (AvgIpc) is 1.99. The predicted octanol–water partition coefficient (Wildman–Crippen LogP) is 1.96. The second kappa shape index (κ2) is 5.45. The minimum atomic E-state index is -0.0869. The molecular weight excluding hydrogens is 128 g/mol. The topological polar surface area (TPSA) is 18.5 Å². The molecule has 0 aliphatic rings. The SMILES string of the molecule is C/C=C(/C)CC(OC)OC. The van der Waals surface area contributed by atoms with Crippen LogP contribution in [0.25, 0.3) is 0 Å². The molecule has 0 amide bonds. The second-order valence-electron chi connectivity index (χ2n) is 2.24. The third-order valence-electron chi connectivity index (χ3n) is 1.51. The molecule has 2 nitrogen and oxygen atoms in total. The van der Waals surface area contributed by atoms with Gasteiger partial charge in [-0.05, 0) is 13.8 Å². The fourth-order valence-corrected chi connectivity index (χ4v) is 0.644. The standard InChI is InChI=1S/C8H16O2/c1-5-7(2)6-8(9-3)10-4/h5,8H,6H2,1-4H3/b7-5-. The van der Waals surface area contributed by atoms with Crippen LogP contribution in [0.2, 0.25) is 0 Å². The molecule has 0 rings (SSSR count). The molecule has 0 radical (unpaired) electrons. The van der Waals surface area contributed by atoms with Crippen molar-refractivity contribution < 1.29 is 9.47 Å². The van der Waals surface area contributed by atoms with Gasteiger partial charge in [0.15, 0.2) is 6.29 Å². The van der Waals surface area contributed by atoms with Crippen LogP contribution in [0.4, 0.5) is 0 Å². The van der Waals surface area contributed by atoms with Gasteiger partial charge < -0.3 is 9.47 Å². The molecule has 2 heteroatoms. The Morgan fingerprint density at radius 2 is 1.90 bits per heavy atom. The Morgan fingerprint density at radius 3 is 2.20 bits per heavy atom. The van der Waals surface area contributed by atoms with Crippen LogP contribution in [-0.2, 0) is 9.47 Å². The molecule has 0 saturated heterocycles. The van der Waals surface area contributed by atoms with Gasteiger partial charge in [-0.25, -0.2) is 0 Å². The number of ether oxygens (including phenoxy) is 2. The largest absolute Gasteiger partial charge is 0.356 e. The Morgan fingerprint density at radius 1 is 1.40 bits per heavy atom. The Balaban J connectivity index is 3.63. The third kappa shape index (κ3) is 3.64. The molecule has 0 N–H and O–H groups in total. The fraction of sp³-hybridized carbons (Fsp3) is 0.750. The molecule has 0 aromatic carbocycles. The van der Waals surface area contributed by atoms with Crippen LogP contribution in [0, 0.1) is 0 Å². The molecule has 60 valence electrons. The van der Waals surface area contributed by atoms with Crippen LogP contribution in [-0.4, -0.2) is 20.5 Å². The minimum absolute atomic E-state index is 0.0869. The number of rotatable bonds is 4. The van der Waals surface area contributed by atoms with Crippen LogP contribution in [0.3, 0.4) is 0 Å². The van der Waals surface area contributed by atoms with E-state index in [1.165, 1.54) is 5.57 Å². The average molecular weight is 144 g/mol. The summed E-state index contributed by atoms with van der Waals surface area (Å²) >= 11 is 0. The quantitative estimate of drug-likeness (QED) is 0.443. The van der Waals surface area contributed by atoms with E-state index in [-0.39, 0.29) is 6.29 Å². The zero-order valence-corrected chi connectivity index (χ0v) is 7.18. The number of hydrogen-bond donors (Lipinski definition) is 0. The van der Waals surface area contributed by atoms with E-state index in [1.54, 1.807) is 14.2 Å². The van der Waals surface area contributed by atoms with E-state index in [9.17, 15) is 0 Å². The van der Waals surface area contributed by atoms with Gasteiger partial charge in [-0.1, -0.05) is 11.6 Å². The monoisotopic (exact) mass is 144 g/mol. The van der Waals surface area contributed by atoms with Crippen molar-refractivity contribution >= 4 is 0 Å². The van der Waals surface area contributed by atoms with Crippen molar-refractivity contribution in [1.29, 1.82) is 0 Å². The summed E-state index contributed by atoms with van der Waals surface area (Å²) in [5.41, 5.74) is 1.29. The molecule has 0 aliphatic heterocycles. The van der Waals surface area contributed by atoms with E-state index >= 15 is 0 Å². The number of hydrogen-bond acceptors (Lipinski definition) is 2. The molecule has 0 bridgehead atoms. The van der Waals surface area contributed by atoms with Crippen LogP contribution in [0.1, 0.15) is 20.3 Å². The summed E-state index contributed by atoms with van der Waals surface area (Å²) in [4.78, 5) is 0. The molecular formula is C8H16O2. The van der Waals surface area contributed by atoms with Gasteiger partial charge in [-0.15, -0.1) is 0 Å². The van der Waals surface area contributed by atoms with Crippen molar-refractivity contribution in [3.63, 3.8) is 0 Å². The van der Waals surface area contributed by atoms with Crippen molar-refractivity contribution in [3.8, 4) is 0 Å². The van der Waals surface area contributed by atoms with Gasteiger partial charge in [0, 0.05) is 20.6 Å². The van der Waals surface area contributed by atoms with Crippen LogP contribution in [0.15, 0.2) is 11.6 Å². The van der Waals surface area contributed by atoms with Crippen molar-refractivity contribution in [1.82, 2.24) is 0 Å². The summed E-state index contributed by atoms with van der Waals surface area (Å²) < 4.78 is 10.0. The predicted molar refractivity (Wildman–Crippen MR) is 41.9 cm³/mol. The van der Waals surface area contributed by atoms with E-state index in [4.69, 9.17) is 9.47 Å². The van der Waals surface area contributed by atoms with E-state index in [2.05, 4.69) is 13.0 Å². The lowest BCUT2D eigenvalue weighted by atomic mass is 10.2. The summed E-state index contributed by atoms with van der Waals surface area (Å²) in [6.07, 6.45) is 2.82. The summed E-state index contributed by atoms with van der Waals surface area (Å²) in [5, 5.41) is 0. The second-order valence-corrected chi connectivity index (χ2v) is 2.24. The molecule has 0 aromatic heterocycles. The molecule has 0 unspecified atom stereocenters. The first-order valence-corrected chi connectivity index (χ1v) is 3.42. The Kier molecular flexibility index (Phi) is 5.26. The maximum absolute atomic E-state index is 5.01. The normalized spacial score (nSPS) is 12.7. The van der Waals surface area contributed by atoms with Gasteiger partial charge in [-0.3, -0.25) is 0 Å². The van der Waals surface area contributed by atoms with Crippen LogP contribution in [0.5, 0.6) is 0 Å². The van der Waals surface area contributed by atoms with Gasteiger partial charge >= 0.3 is 0 Å². The van der Waals surface area contributed by atoms with Crippen LogP contribution < -0.4 is 0 Å². The zero-order chi connectivity index (χ0) is 7.98. The number of methoxy groups -OCH3 is 2. The molecule has 0 atom stereocenters. The lowest BCUT2D eigenvalue weighted by molar-refractivity contribution is -0.100. The van der Waals surface area contributed by atoms with Gasteiger partial charge in [0.2, 0.25) is 0 Å². The Hall–Kier alpha value is -0.340. The van der Waals surface area contributed by atoms with E-state index in [1.807, 2.05) is 6.92 Å². The number of allylic oxidation sites excluding steroid dienone is 1. The van der Waals surface area contributed by atoms with Crippen molar-refractivity contribution in [2.24, 2.45) is 0 Å². The van der Waals surface area contributed by atoms with Crippen LogP contribution >= 0.6 is 0 Å². The highest BCUT2D eigenvalue weighted by Crippen LogP contribution is 2.06.